The van der Waals surface area contributed by atoms with Gasteiger partial charge in [-0.2, -0.15) is 13.2 Å². The predicted molar refractivity (Wildman–Crippen MR) is 117 cm³/mol. The van der Waals surface area contributed by atoms with E-state index in [0.717, 1.165) is 44.2 Å². The highest BCUT2D eigenvalue weighted by atomic mass is 32.1. The zero-order chi connectivity index (χ0) is 23.8. The van der Waals surface area contributed by atoms with Crippen LogP contribution in [0.3, 0.4) is 0 Å². The average molecular weight is 483 g/mol. The topological polar surface area (TPSA) is 59.1 Å². The van der Waals surface area contributed by atoms with Gasteiger partial charge in [-0.05, 0) is 54.7 Å². The number of alkyl halides is 3. The van der Waals surface area contributed by atoms with Gasteiger partial charge >= 0.3 is 6.18 Å². The van der Waals surface area contributed by atoms with Crippen LogP contribution < -0.4 is 9.47 Å². The minimum Gasteiger partial charge on any atom is -0.493 e. The molecule has 0 bridgehead atoms. The average Bonchev–Trinajstić information content (AvgIpc) is 3.31. The maximum atomic E-state index is 12.8. The number of piperidine rings is 1. The standard InChI is InChI=1S/C23H25F3N2O4S/c1-31-17-11-14-5-8-28(13-15(14)12-18(17)32-2)16-6-9-27(10-7-16)22(30)20-4-3-19(33-20)21(29)23(24,25)26/h3-4,11-12,16H,5-10,13H2,1-2H3. The molecule has 0 radical (unpaired) electrons. The molecule has 10 heteroatoms. The Bertz CT molecular complexity index is 1040. The number of thiophene rings is 1. The third-order valence-electron chi connectivity index (χ3n) is 6.31. The Morgan fingerprint density at radius 1 is 0.970 bits per heavy atom. The molecular weight excluding hydrogens is 457 g/mol. The van der Waals surface area contributed by atoms with Crippen molar-refractivity contribution in [2.45, 2.75) is 38.0 Å². The molecule has 6 nitrogen and oxygen atoms in total. The van der Waals surface area contributed by atoms with Gasteiger partial charge in [0.1, 0.15) is 0 Å². The van der Waals surface area contributed by atoms with Gasteiger partial charge in [-0.1, -0.05) is 0 Å². The zero-order valence-corrected chi connectivity index (χ0v) is 19.2. The third-order valence-corrected chi connectivity index (χ3v) is 7.39. The number of fused-ring (bicyclic) bond motifs is 1. The van der Waals surface area contributed by atoms with E-state index in [9.17, 15) is 22.8 Å². The molecule has 2 aliphatic rings. The van der Waals surface area contributed by atoms with E-state index in [4.69, 9.17) is 9.47 Å². The van der Waals surface area contributed by atoms with Crippen LogP contribution in [0.5, 0.6) is 11.5 Å². The van der Waals surface area contributed by atoms with Gasteiger partial charge < -0.3 is 14.4 Å². The Morgan fingerprint density at radius 2 is 1.58 bits per heavy atom. The molecule has 0 aliphatic carbocycles. The van der Waals surface area contributed by atoms with Gasteiger partial charge in [-0.25, -0.2) is 0 Å². The largest absolute Gasteiger partial charge is 0.493 e. The van der Waals surface area contributed by atoms with Gasteiger partial charge in [0, 0.05) is 32.2 Å². The molecule has 178 valence electrons. The van der Waals surface area contributed by atoms with Crippen molar-refractivity contribution in [1.82, 2.24) is 9.80 Å². The Kier molecular flexibility index (Phi) is 6.67. The summed E-state index contributed by atoms with van der Waals surface area (Å²) in [6.07, 6.45) is -2.46. The SMILES string of the molecule is COc1cc2c(cc1OC)CN(C1CCN(C(=O)c3ccc(C(=O)C(F)(F)F)s3)CC1)CC2. The number of methoxy groups -OCH3 is 2. The lowest BCUT2D eigenvalue weighted by Gasteiger charge is -2.40. The van der Waals surface area contributed by atoms with E-state index >= 15 is 0 Å². The normalized spacial score (nSPS) is 17.5. The zero-order valence-electron chi connectivity index (χ0n) is 18.4. The minimum absolute atomic E-state index is 0.161. The van der Waals surface area contributed by atoms with Crippen molar-refractivity contribution in [2.75, 3.05) is 33.9 Å². The maximum Gasteiger partial charge on any atom is 0.455 e. The van der Waals surface area contributed by atoms with Crippen LogP contribution in [-0.4, -0.2) is 67.6 Å². The Balaban J connectivity index is 1.36. The number of amides is 1. The second kappa shape index (κ2) is 9.34. The third kappa shape index (κ3) is 4.86. The number of likely N-dealkylation sites (tertiary alicyclic amines) is 1. The van der Waals surface area contributed by atoms with E-state index in [1.165, 1.54) is 17.2 Å². The van der Waals surface area contributed by atoms with Crippen molar-refractivity contribution in [3.05, 3.63) is 45.1 Å². The number of rotatable bonds is 5. The Labute approximate surface area is 193 Å². The number of halogens is 3. The van der Waals surface area contributed by atoms with Crippen molar-refractivity contribution in [3.63, 3.8) is 0 Å². The van der Waals surface area contributed by atoms with Gasteiger partial charge in [0.15, 0.2) is 11.5 Å². The van der Waals surface area contributed by atoms with Crippen LogP contribution in [0.1, 0.15) is 43.3 Å². The summed E-state index contributed by atoms with van der Waals surface area (Å²) in [6.45, 7) is 2.76. The highest BCUT2D eigenvalue weighted by Crippen LogP contribution is 2.35. The lowest BCUT2D eigenvalue weighted by molar-refractivity contribution is -0.0882. The van der Waals surface area contributed by atoms with Crippen molar-refractivity contribution in [1.29, 1.82) is 0 Å². The second-order valence-electron chi connectivity index (χ2n) is 8.21. The maximum absolute atomic E-state index is 12.8. The number of hydrogen-bond acceptors (Lipinski definition) is 6. The number of carbonyl (C=O) groups is 2. The van der Waals surface area contributed by atoms with E-state index in [0.29, 0.717) is 36.2 Å². The van der Waals surface area contributed by atoms with E-state index in [1.54, 1.807) is 19.1 Å². The first kappa shape index (κ1) is 23.6. The van der Waals surface area contributed by atoms with Gasteiger partial charge in [0.05, 0.1) is 24.0 Å². The number of Topliss-reactive ketones (excluding diaryl/α,β-unsaturated/α-hetero) is 1. The van der Waals surface area contributed by atoms with Crippen molar-refractivity contribution in [3.8, 4) is 11.5 Å². The Hall–Kier alpha value is -2.59. The smallest absolute Gasteiger partial charge is 0.455 e. The quantitative estimate of drug-likeness (QED) is 0.599. The molecule has 1 aromatic carbocycles. The van der Waals surface area contributed by atoms with Gasteiger partial charge in [0.25, 0.3) is 11.7 Å². The molecule has 3 heterocycles. The molecule has 4 rings (SSSR count). The van der Waals surface area contributed by atoms with Crippen LogP contribution in [0.15, 0.2) is 24.3 Å². The van der Waals surface area contributed by atoms with Gasteiger partial charge in [-0.3, -0.25) is 14.5 Å². The molecule has 0 saturated carbocycles. The Morgan fingerprint density at radius 3 is 2.18 bits per heavy atom. The van der Waals surface area contributed by atoms with Crippen LogP contribution in [0, 0.1) is 0 Å². The summed E-state index contributed by atoms with van der Waals surface area (Å²) in [7, 11) is 3.24. The van der Waals surface area contributed by atoms with Crippen LogP contribution in [0.2, 0.25) is 0 Å². The van der Waals surface area contributed by atoms with Crippen LogP contribution in [0.25, 0.3) is 0 Å². The van der Waals surface area contributed by atoms with Gasteiger partial charge in [-0.15, -0.1) is 11.3 Å². The highest BCUT2D eigenvalue weighted by Gasteiger charge is 2.40. The summed E-state index contributed by atoms with van der Waals surface area (Å²) in [5.41, 5.74) is 2.45. The first-order valence-electron chi connectivity index (χ1n) is 10.7. The van der Waals surface area contributed by atoms with Gasteiger partial charge in [0.2, 0.25) is 0 Å². The monoisotopic (exact) mass is 482 g/mol. The number of nitrogens with zero attached hydrogens (tertiary/aromatic N) is 2. The fourth-order valence-corrected chi connectivity index (χ4v) is 5.46. The molecule has 33 heavy (non-hydrogen) atoms. The number of ether oxygens (including phenoxy) is 2. The van der Waals surface area contributed by atoms with E-state index in [2.05, 4.69) is 4.90 Å². The minimum atomic E-state index is -4.94. The van der Waals surface area contributed by atoms with Crippen LogP contribution >= 0.6 is 11.3 Å². The lowest BCUT2D eigenvalue weighted by atomic mass is 9.95. The summed E-state index contributed by atoms with van der Waals surface area (Å²) >= 11 is 0.604. The molecule has 0 unspecified atom stereocenters. The summed E-state index contributed by atoms with van der Waals surface area (Å²) in [5.74, 6) is -0.798. The molecule has 0 spiro atoms. The summed E-state index contributed by atoms with van der Waals surface area (Å²) in [5, 5.41) is 0. The summed E-state index contributed by atoms with van der Waals surface area (Å²) in [4.78, 5) is 28.0. The van der Waals surface area contributed by atoms with Crippen LogP contribution in [-0.2, 0) is 13.0 Å². The number of hydrogen-bond donors (Lipinski definition) is 0. The molecule has 2 aromatic rings. The van der Waals surface area contributed by atoms with Crippen LogP contribution in [0.4, 0.5) is 13.2 Å². The number of ketones is 1. The fourth-order valence-electron chi connectivity index (χ4n) is 4.52. The number of benzene rings is 1. The van der Waals surface area contributed by atoms with E-state index < -0.39 is 16.8 Å². The van der Waals surface area contributed by atoms with Crippen molar-refractivity contribution >= 4 is 23.0 Å². The first-order valence-corrected chi connectivity index (χ1v) is 11.5. The second-order valence-corrected chi connectivity index (χ2v) is 9.29. The molecular formula is C23H25F3N2O4S. The predicted octanol–water partition coefficient (Wildman–Crippen LogP) is 4.17. The molecule has 1 aromatic heterocycles. The summed E-state index contributed by atoms with van der Waals surface area (Å²) in [6, 6.07) is 6.76. The lowest BCUT2D eigenvalue weighted by Crippen LogP contribution is -2.48. The van der Waals surface area contributed by atoms with E-state index in [-0.39, 0.29) is 10.8 Å². The fraction of sp³-hybridized carbons (Fsp3) is 0.478. The molecule has 1 saturated heterocycles. The number of carbonyl (C=O) groups excluding carboxylic acids is 2. The molecule has 0 N–H and O–H groups in total. The molecule has 0 atom stereocenters. The van der Waals surface area contributed by atoms with Crippen molar-refractivity contribution < 1.29 is 32.2 Å². The highest BCUT2D eigenvalue weighted by molar-refractivity contribution is 7.16. The molecule has 1 fully saturated rings. The van der Waals surface area contributed by atoms with Crippen molar-refractivity contribution in [2.24, 2.45) is 0 Å². The summed E-state index contributed by atoms with van der Waals surface area (Å²) < 4.78 is 48.7. The molecule has 1 amide bonds. The first-order chi connectivity index (χ1) is 15.7. The molecule has 2 aliphatic heterocycles. The van der Waals surface area contributed by atoms with E-state index in [1.807, 2.05) is 12.1 Å².